The Kier molecular flexibility index (Phi) is 4.36. The van der Waals surface area contributed by atoms with Gasteiger partial charge in [0, 0.05) is 12.3 Å². The second-order valence-electron chi connectivity index (χ2n) is 10.1. The highest BCUT2D eigenvalue weighted by molar-refractivity contribution is 5.93. The molecular weight excluding hydrogens is 324 g/mol. The summed E-state index contributed by atoms with van der Waals surface area (Å²) in [7, 11) is 0. The summed E-state index contributed by atoms with van der Waals surface area (Å²) in [5.41, 5.74) is 1.59. The first-order valence-electron chi connectivity index (χ1n) is 10.6. The van der Waals surface area contributed by atoms with E-state index in [0.717, 1.165) is 36.7 Å². The lowest BCUT2D eigenvalue weighted by Crippen LogP contribution is -2.53. The first-order chi connectivity index (χ1) is 12.3. The molecule has 0 spiro atoms. The molecule has 7 atom stereocenters. The fourth-order valence-corrected chi connectivity index (χ4v) is 7.51. The number of fused-ring (bicyclic) bond motifs is 5. The highest BCUT2D eigenvalue weighted by Gasteiger charge is 2.60. The lowest BCUT2D eigenvalue weighted by molar-refractivity contribution is -0.160. The van der Waals surface area contributed by atoms with Crippen molar-refractivity contribution in [3.05, 3.63) is 11.6 Å². The summed E-state index contributed by atoms with van der Waals surface area (Å²) in [6.45, 7) is 8.16. The van der Waals surface area contributed by atoms with Gasteiger partial charge in [0.1, 0.15) is 6.10 Å². The van der Waals surface area contributed by atoms with Gasteiger partial charge in [-0.05, 0) is 93.0 Å². The molecule has 0 aromatic heterocycles. The van der Waals surface area contributed by atoms with E-state index in [1.54, 1.807) is 13.8 Å². The van der Waals surface area contributed by atoms with E-state index in [2.05, 4.69) is 19.9 Å². The van der Waals surface area contributed by atoms with Crippen LogP contribution in [0.15, 0.2) is 11.6 Å². The standard InChI is InChI=1S/C23H34O3/c1-14(24)16-9-11-22(3)17(13-16)5-6-18-19-7-8-21(26-15(2)25)23(19,4)12-10-20(18)22/h9,17-21H,5-8,10-13H2,1-4H3/t17-,18-,19+,20+,21-,22-,23-/m0/s1. The van der Waals surface area contributed by atoms with Gasteiger partial charge in [-0.25, -0.2) is 0 Å². The molecule has 3 heteroatoms. The first kappa shape index (κ1) is 18.3. The number of ether oxygens (including phenoxy) is 1. The van der Waals surface area contributed by atoms with Crippen LogP contribution in [0.5, 0.6) is 0 Å². The molecule has 3 fully saturated rings. The van der Waals surface area contributed by atoms with Crippen LogP contribution in [-0.4, -0.2) is 17.9 Å². The molecule has 0 aliphatic heterocycles. The summed E-state index contributed by atoms with van der Waals surface area (Å²) in [5.74, 6) is 3.04. The molecule has 4 aliphatic carbocycles. The van der Waals surface area contributed by atoms with Crippen molar-refractivity contribution < 1.29 is 14.3 Å². The molecule has 0 amide bonds. The second kappa shape index (κ2) is 6.21. The van der Waals surface area contributed by atoms with E-state index in [1.165, 1.54) is 32.1 Å². The summed E-state index contributed by atoms with van der Waals surface area (Å²) < 4.78 is 5.75. The number of carbonyl (C=O) groups is 2. The molecule has 0 aromatic carbocycles. The van der Waals surface area contributed by atoms with Gasteiger partial charge in [0.2, 0.25) is 0 Å². The van der Waals surface area contributed by atoms with E-state index in [1.807, 2.05) is 0 Å². The Bertz CT molecular complexity index is 650. The zero-order chi connectivity index (χ0) is 18.7. The summed E-state index contributed by atoms with van der Waals surface area (Å²) >= 11 is 0. The van der Waals surface area contributed by atoms with Gasteiger partial charge in [-0.2, -0.15) is 0 Å². The fourth-order valence-electron chi connectivity index (χ4n) is 7.51. The summed E-state index contributed by atoms with van der Waals surface area (Å²) in [4.78, 5) is 23.4. The first-order valence-corrected chi connectivity index (χ1v) is 10.6. The van der Waals surface area contributed by atoms with Crippen molar-refractivity contribution in [3.8, 4) is 0 Å². The van der Waals surface area contributed by atoms with Crippen molar-refractivity contribution >= 4 is 11.8 Å². The largest absolute Gasteiger partial charge is 0.462 e. The third-order valence-electron chi connectivity index (χ3n) is 8.99. The van der Waals surface area contributed by atoms with Crippen LogP contribution in [0.2, 0.25) is 0 Å². The van der Waals surface area contributed by atoms with Crippen molar-refractivity contribution in [2.24, 2.45) is 34.5 Å². The van der Waals surface area contributed by atoms with Crippen molar-refractivity contribution in [2.45, 2.75) is 85.2 Å². The third-order valence-corrected chi connectivity index (χ3v) is 8.99. The number of Topliss-reactive ketones (excluding diaryl/α,β-unsaturated/α-hetero) is 1. The maximum atomic E-state index is 11.9. The number of hydrogen-bond acceptors (Lipinski definition) is 3. The Morgan fingerprint density at radius 2 is 1.73 bits per heavy atom. The lowest BCUT2D eigenvalue weighted by Gasteiger charge is -2.59. The van der Waals surface area contributed by atoms with Crippen LogP contribution in [0.3, 0.4) is 0 Å². The van der Waals surface area contributed by atoms with Crippen LogP contribution in [0.4, 0.5) is 0 Å². The highest BCUT2D eigenvalue weighted by Crippen LogP contribution is 2.66. The van der Waals surface area contributed by atoms with E-state index in [9.17, 15) is 9.59 Å². The summed E-state index contributed by atoms with van der Waals surface area (Å²) in [6, 6.07) is 0. The molecule has 0 aromatic rings. The molecule has 4 aliphatic rings. The van der Waals surface area contributed by atoms with Gasteiger partial charge in [0.15, 0.2) is 5.78 Å². The van der Waals surface area contributed by atoms with Gasteiger partial charge in [-0.15, -0.1) is 0 Å². The van der Waals surface area contributed by atoms with E-state index < -0.39 is 0 Å². The van der Waals surface area contributed by atoms with Crippen LogP contribution < -0.4 is 0 Å². The predicted octanol–water partition coefficient (Wildman–Crippen LogP) is 5.09. The Morgan fingerprint density at radius 1 is 1.00 bits per heavy atom. The molecule has 0 bridgehead atoms. The van der Waals surface area contributed by atoms with E-state index in [-0.39, 0.29) is 23.3 Å². The van der Waals surface area contributed by atoms with Gasteiger partial charge < -0.3 is 4.74 Å². The Balaban J connectivity index is 1.58. The normalized spacial score (nSPS) is 47.2. The predicted molar refractivity (Wildman–Crippen MR) is 101 cm³/mol. The number of esters is 1. The van der Waals surface area contributed by atoms with Gasteiger partial charge in [0.05, 0.1) is 0 Å². The Hall–Kier alpha value is -1.12. The minimum atomic E-state index is -0.121. The average Bonchev–Trinajstić information content (AvgIpc) is 2.90. The molecule has 0 radical (unpaired) electrons. The second-order valence-corrected chi connectivity index (χ2v) is 10.1. The number of allylic oxidation sites excluding steroid dienone is 2. The third kappa shape index (κ3) is 2.60. The van der Waals surface area contributed by atoms with Crippen molar-refractivity contribution in [1.29, 1.82) is 0 Å². The van der Waals surface area contributed by atoms with Crippen molar-refractivity contribution in [1.82, 2.24) is 0 Å². The smallest absolute Gasteiger partial charge is 0.302 e. The molecule has 3 saturated carbocycles. The minimum absolute atomic E-state index is 0.118. The molecule has 0 heterocycles. The number of rotatable bonds is 2. The van der Waals surface area contributed by atoms with E-state index in [0.29, 0.717) is 17.3 Å². The molecule has 0 unspecified atom stereocenters. The van der Waals surface area contributed by atoms with Crippen molar-refractivity contribution in [3.63, 3.8) is 0 Å². The average molecular weight is 359 g/mol. The van der Waals surface area contributed by atoms with Crippen LogP contribution in [0, 0.1) is 34.5 Å². The molecule has 0 saturated heterocycles. The van der Waals surface area contributed by atoms with Crippen LogP contribution in [0.1, 0.15) is 79.1 Å². The molecular formula is C23H34O3. The molecule has 4 rings (SSSR count). The molecule has 3 nitrogen and oxygen atoms in total. The van der Waals surface area contributed by atoms with E-state index >= 15 is 0 Å². The maximum absolute atomic E-state index is 11.9. The molecule has 0 N–H and O–H groups in total. The summed E-state index contributed by atoms with van der Waals surface area (Å²) in [6.07, 6.45) is 11.7. The zero-order valence-electron chi connectivity index (χ0n) is 16.8. The summed E-state index contributed by atoms with van der Waals surface area (Å²) in [5, 5.41) is 0. The van der Waals surface area contributed by atoms with Gasteiger partial charge in [0.25, 0.3) is 0 Å². The number of carbonyl (C=O) groups excluding carboxylic acids is 2. The number of hydrogen-bond donors (Lipinski definition) is 0. The SMILES string of the molecule is CC(=O)O[C@H]1CC[C@@H]2[C@@H]3CC[C@H]4CC(C(C)=O)=CC[C@]4(C)[C@@H]3CC[C@]12C. The Morgan fingerprint density at radius 3 is 2.42 bits per heavy atom. The lowest BCUT2D eigenvalue weighted by atomic mass is 9.45. The molecule has 26 heavy (non-hydrogen) atoms. The van der Waals surface area contributed by atoms with Gasteiger partial charge in [-0.1, -0.05) is 19.9 Å². The van der Waals surface area contributed by atoms with Crippen molar-refractivity contribution in [2.75, 3.05) is 0 Å². The fraction of sp³-hybridized carbons (Fsp3) is 0.826. The van der Waals surface area contributed by atoms with Crippen LogP contribution in [-0.2, 0) is 14.3 Å². The Labute approximate surface area is 157 Å². The van der Waals surface area contributed by atoms with Crippen LogP contribution >= 0.6 is 0 Å². The topological polar surface area (TPSA) is 43.4 Å². The quantitative estimate of drug-likeness (QED) is 0.646. The number of ketones is 1. The van der Waals surface area contributed by atoms with E-state index in [4.69, 9.17) is 4.74 Å². The van der Waals surface area contributed by atoms with Gasteiger partial charge in [-0.3, -0.25) is 9.59 Å². The highest BCUT2D eigenvalue weighted by atomic mass is 16.5. The molecule has 144 valence electrons. The monoisotopic (exact) mass is 358 g/mol. The van der Waals surface area contributed by atoms with Crippen LogP contribution in [0.25, 0.3) is 0 Å². The minimum Gasteiger partial charge on any atom is -0.462 e. The van der Waals surface area contributed by atoms with Gasteiger partial charge >= 0.3 is 5.97 Å². The zero-order valence-corrected chi connectivity index (χ0v) is 16.8. The maximum Gasteiger partial charge on any atom is 0.302 e.